The summed E-state index contributed by atoms with van der Waals surface area (Å²) < 4.78 is 7.47. The number of nitrogens with zero attached hydrogens (tertiary/aromatic N) is 3. The van der Waals surface area contributed by atoms with Gasteiger partial charge in [-0.3, -0.25) is 9.48 Å². The van der Waals surface area contributed by atoms with Gasteiger partial charge >= 0.3 is 6.09 Å². The van der Waals surface area contributed by atoms with Crippen molar-refractivity contribution in [1.82, 2.24) is 14.7 Å². The molecule has 0 atom stereocenters. The third-order valence-corrected chi connectivity index (χ3v) is 6.30. The van der Waals surface area contributed by atoms with Crippen LogP contribution in [0.1, 0.15) is 66.8 Å². The van der Waals surface area contributed by atoms with Gasteiger partial charge in [0.15, 0.2) is 0 Å². The third kappa shape index (κ3) is 7.79. The lowest BCUT2D eigenvalue weighted by atomic mass is 9.95. The Balaban J connectivity index is 2.14. The van der Waals surface area contributed by atoms with Gasteiger partial charge < -0.3 is 15.0 Å². The summed E-state index contributed by atoms with van der Waals surface area (Å²) in [4.78, 5) is 28.4. The van der Waals surface area contributed by atoms with Crippen LogP contribution in [0, 0.1) is 5.41 Å². The molecule has 0 spiro atoms. The topological polar surface area (TPSA) is 76.5 Å². The zero-order chi connectivity index (χ0) is 25.7. The Morgan fingerprint density at radius 2 is 1.68 bits per heavy atom. The van der Waals surface area contributed by atoms with Crippen molar-refractivity contribution in [3.63, 3.8) is 0 Å². The minimum Gasteiger partial charge on any atom is -0.444 e. The van der Waals surface area contributed by atoms with Crippen LogP contribution in [0.25, 0.3) is 0 Å². The summed E-state index contributed by atoms with van der Waals surface area (Å²) in [6, 6.07) is 7.91. The monoisotopic (exact) mass is 488 g/mol. The lowest BCUT2D eigenvalue weighted by molar-refractivity contribution is -0.123. The van der Waals surface area contributed by atoms with E-state index in [1.807, 2.05) is 70.5 Å². The van der Waals surface area contributed by atoms with Crippen molar-refractivity contribution in [2.24, 2.45) is 5.41 Å². The van der Waals surface area contributed by atoms with Gasteiger partial charge in [-0.25, -0.2) is 4.79 Å². The van der Waals surface area contributed by atoms with E-state index in [0.29, 0.717) is 13.1 Å². The maximum absolute atomic E-state index is 12.3. The van der Waals surface area contributed by atoms with Gasteiger partial charge in [-0.2, -0.15) is 5.10 Å². The number of carbonyl (C=O) groups excluding carboxylic acids is 2. The number of amides is 2. The molecule has 1 aromatic heterocycles. The van der Waals surface area contributed by atoms with E-state index in [0.717, 1.165) is 39.7 Å². The van der Waals surface area contributed by atoms with E-state index in [2.05, 4.69) is 19.2 Å². The van der Waals surface area contributed by atoms with Crippen LogP contribution in [0.3, 0.4) is 0 Å². The minimum atomic E-state index is -0.518. The number of hydrogen-bond donors (Lipinski definition) is 1. The minimum absolute atomic E-state index is 0.00734. The highest BCUT2D eigenvalue weighted by molar-refractivity contribution is 7.99. The summed E-state index contributed by atoms with van der Waals surface area (Å²) in [6.07, 6.45) is 1.33. The number of aromatic nitrogens is 2. The van der Waals surface area contributed by atoms with Crippen LogP contribution in [0.4, 0.5) is 10.5 Å². The molecule has 1 aromatic carbocycles. The average Bonchev–Trinajstić information content (AvgIpc) is 3.07. The Kier molecular flexibility index (Phi) is 9.22. The molecule has 1 N–H and O–H groups in total. The lowest BCUT2D eigenvalue weighted by Crippen LogP contribution is -2.36. The van der Waals surface area contributed by atoms with Crippen molar-refractivity contribution in [3.8, 4) is 0 Å². The van der Waals surface area contributed by atoms with Gasteiger partial charge in [-0.15, -0.1) is 0 Å². The number of aryl methyl sites for hydroxylation is 1. The van der Waals surface area contributed by atoms with Crippen molar-refractivity contribution in [2.45, 2.75) is 90.2 Å². The molecule has 34 heavy (non-hydrogen) atoms. The fraction of sp³-hybridized carbons (Fsp3) is 0.577. The van der Waals surface area contributed by atoms with Crippen LogP contribution in [0.2, 0.25) is 0 Å². The first-order chi connectivity index (χ1) is 15.7. The van der Waals surface area contributed by atoms with Crippen molar-refractivity contribution in [2.75, 3.05) is 18.9 Å². The highest BCUT2D eigenvalue weighted by atomic mass is 32.2. The van der Waals surface area contributed by atoms with Crippen LogP contribution in [0.5, 0.6) is 0 Å². The van der Waals surface area contributed by atoms with E-state index in [1.54, 1.807) is 23.7 Å². The van der Waals surface area contributed by atoms with Crippen LogP contribution in [0.15, 0.2) is 34.1 Å². The molecule has 0 aliphatic rings. The second kappa shape index (κ2) is 11.3. The van der Waals surface area contributed by atoms with E-state index in [9.17, 15) is 9.59 Å². The van der Waals surface area contributed by atoms with Crippen molar-refractivity contribution in [3.05, 3.63) is 35.7 Å². The molecular formula is C26H40N4O3S. The van der Waals surface area contributed by atoms with E-state index in [1.165, 1.54) is 0 Å². The summed E-state index contributed by atoms with van der Waals surface area (Å²) in [5.74, 6) is -0.00734. The molecule has 0 saturated heterocycles. The van der Waals surface area contributed by atoms with E-state index in [4.69, 9.17) is 9.84 Å². The van der Waals surface area contributed by atoms with E-state index < -0.39 is 11.0 Å². The normalized spacial score (nSPS) is 11.9. The molecule has 188 valence electrons. The number of ether oxygens (including phenoxy) is 1. The number of likely N-dealkylation sites (N-methyl/N-ethyl adjacent to an activating group) is 1. The molecule has 7 nitrogen and oxygen atoms in total. The van der Waals surface area contributed by atoms with Crippen molar-refractivity contribution < 1.29 is 14.3 Å². The number of benzene rings is 1. The average molecular weight is 489 g/mol. The third-order valence-electron chi connectivity index (χ3n) is 5.11. The number of rotatable bonds is 8. The smallest absolute Gasteiger partial charge is 0.410 e. The first-order valence-corrected chi connectivity index (χ1v) is 12.7. The highest BCUT2D eigenvalue weighted by Gasteiger charge is 2.22. The van der Waals surface area contributed by atoms with Crippen molar-refractivity contribution in [1.29, 1.82) is 0 Å². The summed E-state index contributed by atoms with van der Waals surface area (Å²) in [5.41, 5.74) is 2.04. The van der Waals surface area contributed by atoms with Crippen LogP contribution in [-0.4, -0.2) is 45.9 Å². The maximum Gasteiger partial charge on any atom is 0.410 e. The number of hydrogen-bond acceptors (Lipinski definition) is 5. The number of anilines is 1. The molecule has 0 saturated carbocycles. The molecule has 2 amide bonds. The van der Waals surface area contributed by atoms with Gasteiger partial charge in [0.05, 0.1) is 22.8 Å². The molecule has 0 aliphatic heterocycles. The Labute approximate surface area is 208 Å². The number of carbonyl (C=O) groups is 2. The standard InChI is InChI=1S/C26H40N4O3S/c1-10-20-22(34-19-14-12-18(13-15-19)27-23(31)25(3,4)5)21(11-2)30(28-20)17-16-29(9)24(32)33-26(6,7)8/h12-15H,10-11,16-17H2,1-9H3,(H,27,31). The predicted molar refractivity (Wildman–Crippen MR) is 138 cm³/mol. The molecule has 2 aromatic rings. The first-order valence-electron chi connectivity index (χ1n) is 11.9. The Hall–Kier alpha value is -2.48. The zero-order valence-corrected chi connectivity index (χ0v) is 22.9. The van der Waals surface area contributed by atoms with Gasteiger partial charge in [0, 0.05) is 29.6 Å². The Morgan fingerprint density at radius 3 is 2.18 bits per heavy atom. The van der Waals surface area contributed by atoms with E-state index >= 15 is 0 Å². The number of nitrogens with one attached hydrogen (secondary N) is 1. The molecular weight excluding hydrogens is 448 g/mol. The van der Waals surface area contributed by atoms with Crippen LogP contribution >= 0.6 is 11.8 Å². The Bertz CT molecular complexity index is 985. The second-order valence-corrected chi connectivity index (χ2v) is 11.5. The van der Waals surface area contributed by atoms with Gasteiger partial charge in [0.2, 0.25) is 5.91 Å². The highest BCUT2D eigenvalue weighted by Crippen LogP contribution is 2.35. The maximum atomic E-state index is 12.3. The molecule has 8 heteroatoms. The molecule has 1 heterocycles. The molecule has 0 fully saturated rings. The first kappa shape index (κ1) is 27.8. The predicted octanol–water partition coefficient (Wildman–Crippen LogP) is 6.01. The van der Waals surface area contributed by atoms with Gasteiger partial charge in [0.1, 0.15) is 5.60 Å². The molecule has 0 aliphatic carbocycles. The fourth-order valence-electron chi connectivity index (χ4n) is 3.13. The van der Waals surface area contributed by atoms with Gasteiger partial charge in [-0.05, 0) is 57.9 Å². The van der Waals surface area contributed by atoms with Crippen LogP contribution in [-0.2, 0) is 28.9 Å². The second-order valence-electron chi connectivity index (χ2n) is 10.4. The summed E-state index contributed by atoms with van der Waals surface area (Å²) >= 11 is 1.69. The van der Waals surface area contributed by atoms with Gasteiger partial charge in [-0.1, -0.05) is 46.4 Å². The molecule has 0 bridgehead atoms. The summed E-state index contributed by atoms with van der Waals surface area (Å²) in [6.45, 7) is 16.6. The van der Waals surface area contributed by atoms with Crippen molar-refractivity contribution >= 4 is 29.4 Å². The quantitative estimate of drug-likeness (QED) is 0.492. The summed E-state index contributed by atoms with van der Waals surface area (Å²) in [7, 11) is 1.75. The lowest BCUT2D eigenvalue weighted by Gasteiger charge is -2.24. The molecule has 0 unspecified atom stereocenters. The van der Waals surface area contributed by atoms with Crippen LogP contribution < -0.4 is 5.32 Å². The SMILES string of the molecule is CCc1nn(CCN(C)C(=O)OC(C)(C)C)c(CC)c1Sc1ccc(NC(=O)C(C)(C)C)cc1. The van der Waals surface area contributed by atoms with E-state index in [-0.39, 0.29) is 12.0 Å². The Morgan fingerprint density at radius 1 is 1.06 bits per heavy atom. The molecule has 0 radical (unpaired) electrons. The molecule has 2 rings (SSSR count). The zero-order valence-electron chi connectivity index (χ0n) is 22.1. The fourth-order valence-corrected chi connectivity index (χ4v) is 4.31. The summed E-state index contributed by atoms with van der Waals surface area (Å²) in [5, 5.41) is 7.81. The largest absolute Gasteiger partial charge is 0.444 e. The van der Waals surface area contributed by atoms with Gasteiger partial charge in [0.25, 0.3) is 0 Å².